The summed E-state index contributed by atoms with van der Waals surface area (Å²) in [4.78, 5) is 28.5. The Labute approximate surface area is 245 Å². The molecule has 0 bridgehead atoms. The van der Waals surface area contributed by atoms with Crippen molar-refractivity contribution in [3.8, 4) is 12.3 Å². The number of aliphatic hydroxyl groups is 6. The Morgan fingerprint density at radius 1 is 1.24 bits per heavy atom. The van der Waals surface area contributed by atoms with Crippen LogP contribution in [0.15, 0.2) is 11.7 Å². The third kappa shape index (κ3) is 6.54. The largest absolute Gasteiger partial charge is 0.481 e. The number of thiophene rings is 1. The Hall–Kier alpha value is -1.31. The lowest BCUT2D eigenvalue weighted by atomic mass is 9.88. The summed E-state index contributed by atoms with van der Waals surface area (Å²) in [5.74, 6) is 2.22. The van der Waals surface area contributed by atoms with Crippen molar-refractivity contribution in [2.24, 2.45) is 0 Å². The van der Waals surface area contributed by atoms with Crippen LogP contribution in [0.1, 0.15) is 11.7 Å². The molecule has 12 atom stereocenters. The van der Waals surface area contributed by atoms with Gasteiger partial charge in [-0.3, -0.25) is 4.52 Å². The molecule has 2 aliphatic rings. The van der Waals surface area contributed by atoms with E-state index < -0.39 is 88.5 Å². The van der Waals surface area contributed by atoms with E-state index in [2.05, 4.69) is 24.7 Å². The van der Waals surface area contributed by atoms with Gasteiger partial charge in [-0.1, -0.05) is 5.92 Å². The quantitative estimate of drug-likeness (QED) is 0.0966. The zero-order valence-electron chi connectivity index (χ0n) is 20.9. The first-order chi connectivity index (χ1) is 19.5. The molecule has 0 radical (unpaired) electrons. The minimum atomic E-state index is -5.53. The molecular weight excluding hydrogens is 651 g/mol. The number of aliphatic hydroxyl groups excluding tert-OH is 5. The van der Waals surface area contributed by atoms with E-state index in [1.54, 1.807) is 0 Å². The highest BCUT2D eigenvalue weighted by atomic mass is 32.5. The monoisotopic (exact) mass is 677 g/mol. The van der Waals surface area contributed by atoms with Crippen LogP contribution in [0.2, 0.25) is 0 Å². The summed E-state index contributed by atoms with van der Waals surface area (Å²) in [7, 11) is -5.53. The predicted molar refractivity (Wildman–Crippen MR) is 142 cm³/mol. The molecule has 10 N–H and O–H groups in total. The van der Waals surface area contributed by atoms with Crippen LogP contribution in [0.25, 0.3) is 10.2 Å². The second-order valence-electron chi connectivity index (χ2n) is 9.16. The Kier molecular flexibility index (Phi) is 10.1. The zero-order valence-corrected chi connectivity index (χ0v) is 24.4. The van der Waals surface area contributed by atoms with Crippen molar-refractivity contribution in [1.82, 2.24) is 9.97 Å². The number of alkyl halides is 1. The number of phosphoric acid groups is 1. The van der Waals surface area contributed by atoms with Crippen molar-refractivity contribution in [3.05, 3.63) is 17.3 Å². The molecule has 17 nitrogen and oxygen atoms in total. The zero-order chi connectivity index (χ0) is 31.2. The number of nitrogens with two attached hydrogens (primary N) is 1. The molecule has 2 saturated heterocycles. The Morgan fingerprint density at radius 2 is 1.93 bits per heavy atom. The molecule has 22 heteroatoms. The van der Waals surface area contributed by atoms with E-state index in [0.717, 1.165) is 11.3 Å². The molecule has 2 aromatic heterocycles. The molecule has 4 rings (SSSR count). The third-order valence-electron chi connectivity index (χ3n) is 6.42. The van der Waals surface area contributed by atoms with Gasteiger partial charge in [0.15, 0.2) is 18.1 Å². The van der Waals surface area contributed by atoms with Gasteiger partial charge in [0.05, 0.1) is 23.4 Å². The molecule has 7 unspecified atom stereocenters. The van der Waals surface area contributed by atoms with E-state index in [-0.39, 0.29) is 11.4 Å². The summed E-state index contributed by atoms with van der Waals surface area (Å²) >= 11 is 5.84. The number of nitrogen functional groups attached to an aromatic ring is 1. The van der Waals surface area contributed by atoms with Crippen LogP contribution in [0, 0.1) is 12.3 Å². The number of ether oxygens (including phenoxy) is 2. The SMILES string of the molecule is C#C[C@@]1(O)[C@H](O)[C@@H](COP(O)(=S)OP(=O)(O)OC2OC([C@@H](F)CO)C(O)C(O)C2O)O[C@H]1c1csc2c(N)ncnc12. The molecular formula is C20H26FN3O14P2S2. The van der Waals surface area contributed by atoms with Gasteiger partial charge >= 0.3 is 14.5 Å². The fraction of sp³-hybridized carbons (Fsp3) is 0.600. The summed E-state index contributed by atoms with van der Waals surface area (Å²) in [6.07, 6.45) is -11.0. The van der Waals surface area contributed by atoms with Gasteiger partial charge < -0.3 is 60.2 Å². The van der Waals surface area contributed by atoms with Gasteiger partial charge in [-0.15, -0.1) is 17.8 Å². The molecule has 2 aromatic rings. The minimum absolute atomic E-state index is 0.151. The highest BCUT2D eigenvalue weighted by Crippen LogP contribution is 2.62. The van der Waals surface area contributed by atoms with Crippen molar-refractivity contribution in [2.45, 2.75) is 60.8 Å². The number of phosphoric ester groups is 1. The Morgan fingerprint density at radius 3 is 2.57 bits per heavy atom. The summed E-state index contributed by atoms with van der Waals surface area (Å²) in [6, 6.07) is 0. The number of terminal acetylenes is 1. The van der Waals surface area contributed by atoms with Crippen LogP contribution < -0.4 is 5.73 Å². The third-order valence-corrected chi connectivity index (χ3v) is 10.9. The molecule has 4 heterocycles. The molecule has 2 aliphatic heterocycles. The van der Waals surface area contributed by atoms with Crippen LogP contribution in [-0.2, 0) is 39.2 Å². The van der Waals surface area contributed by atoms with Gasteiger partial charge in [-0.25, -0.2) is 23.2 Å². The van der Waals surface area contributed by atoms with Crippen molar-refractivity contribution in [3.63, 3.8) is 0 Å². The molecule has 0 amide bonds. The first kappa shape index (κ1) is 33.6. The number of aromatic nitrogens is 2. The standard InChI is InChI=1S/C20H26FN3O14P2S2/c1-2-20(30)16(29)9(35-17(20)7-5-42-15-10(7)23-6-24-18(15)22)4-34-40(33,41)38-39(31,32)37-19-13(28)11(26)12(27)14(36-19)8(21)3-25/h1,5-6,8-9,11-14,16-17,19,25-30H,3-4H2,(H,31,32)(H,33,41)(H2,22,23,24)/t8-,9+,11?,12?,13?,14?,16+,17-,19?,20+,40?/m0/s1. The van der Waals surface area contributed by atoms with Crippen LogP contribution in [0.5, 0.6) is 0 Å². The maximum atomic E-state index is 13.9. The highest BCUT2D eigenvalue weighted by Gasteiger charge is 2.56. The van der Waals surface area contributed by atoms with E-state index in [4.69, 9.17) is 43.1 Å². The van der Waals surface area contributed by atoms with E-state index in [9.17, 15) is 44.3 Å². The van der Waals surface area contributed by atoms with Crippen LogP contribution in [-0.4, -0.2) is 118 Å². The number of halogens is 1. The van der Waals surface area contributed by atoms with E-state index in [1.165, 1.54) is 11.7 Å². The van der Waals surface area contributed by atoms with Gasteiger partial charge in [0, 0.05) is 5.56 Å². The van der Waals surface area contributed by atoms with Crippen LogP contribution in [0.3, 0.4) is 0 Å². The fourth-order valence-electron chi connectivity index (χ4n) is 4.30. The second-order valence-corrected chi connectivity index (χ2v) is 14.4. The molecule has 0 saturated carbocycles. The maximum Gasteiger partial charge on any atom is 0.481 e. The number of anilines is 1. The summed E-state index contributed by atoms with van der Waals surface area (Å²) in [6.45, 7) is -6.77. The normalized spacial score (nSPS) is 37.1. The molecule has 0 aromatic carbocycles. The smallest absolute Gasteiger partial charge is 0.393 e. The molecule has 0 aliphatic carbocycles. The van der Waals surface area contributed by atoms with Crippen molar-refractivity contribution >= 4 is 53.7 Å². The summed E-state index contributed by atoms with van der Waals surface area (Å²) in [5.41, 5.74) is 4.06. The maximum absolute atomic E-state index is 13.9. The van der Waals surface area contributed by atoms with Gasteiger partial charge in [0.2, 0.25) is 0 Å². The first-order valence-electron chi connectivity index (χ1n) is 11.7. The van der Waals surface area contributed by atoms with Gasteiger partial charge in [-0.05, 0) is 17.2 Å². The highest BCUT2D eigenvalue weighted by molar-refractivity contribution is 8.08. The Balaban J connectivity index is 1.44. The van der Waals surface area contributed by atoms with Crippen molar-refractivity contribution < 1.29 is 72.2 Å². The minimum Gasteiger partial charge on any atom is -0.393 e. The average molecular weight is 678 g/mol. The number of nitrogens with zero attached hydrogens (tertiary/aromatic N) is 2. The lowest BCUT2D eigenvalue weighted by Gasteiger charge is -2.41. The average Bonchev–Trinajstić information content (AvgIpc) is 3.46. The summed E-state index contributed by atoms with van der Waals surface area (Å²) < 4.78 is 51.6. The van der Waals surface area contributed by atoms with Gasteiger partial charge in [0.1, 0.15) is 54.9 Å². The second kappa shape index (κ2) is 12.6. The molecule has 0 spiro atoms. The predicted octanol–water partition coefficient (Wildman–Crippen LogP) is -2.06. The molecule has 2 fully saturated rings. The van der Waals surface area contributed by atoms with Gasteiger partial charge in [-0.2, -0.15) is 0 Å². The topological polar surface area (TPSA) is 277 Å². The first-order valence-corrected chi connectivity index (χ1v) is 16.7. The molecule has 234 valence electrons. The van der Waals surface area contributed by atoms with Crippen molar-refractivity contribution in [2.75, 3.05) is 18.9 Å². The number of fused-ring (bicyclic) bond motifs is 1. The lowest BCUT2D eigenvalue weighted by molar-refractivity contribution is -0.287. The van der Waals surface area contributed by atoms with Gasteiger partial charge in [0.25, 0.3) is 0 Å². The summed E-state index contributed by atoms with van der Waals surface area (Å²) in [5, 5.41) is 62.1. The number of hydrogen-bond donors (Lipinski definition) is 9. The Bertz CT molecular complexity index is 1430. The van der Waals surface area contributed by atoms with E-state index in [0.29, 0.717) is 10.2 Å². The van der Waals surface area contributed by atoms with E-state index >= 15 is 0 Å². The number of hydrogen-bond acceptors (Lipinski definition) is 17. The van der Waals surface area contributed by atoms with Crippen molar-refractivity contribution in [1.29, 1.82) is 0 Å². The fourth-order valence-corrected chi connectivity index (χ4v) is 8.34. The lowest BCUT2D eigenvalue weighted by Crippen LogP contribution is -2.60. The molecule has 42 heavy (non-hydrogen) atoms. The van der Waals surface area contributed by atoms with Crippen LogP contribution in [0.4, 0.5) is 10.2 Å². The van der Waals surface area contributed by atoms with E-state index in [1.807, 2.05) is 0 Å². The number of rotatable bonds is 10. The van der Waals surface area contributed by atoms with Crippen LogP contribution >= 0.6 is 25.9 Å².